The van der Waals surface area contributed by atoms with Gasteiger partial charge in [-0.1, -0.05) is 29.3 Å². The van der Waals surface area contributed by atoms with Crippen LogP contribution >= 0.6 is 24.0 Å². The number of halogens is 1. The van der Waals surface area contributed by atoms with Gasteiger partial charge in [0, 0.05) is 19.2 Å². The molecule has 160 valence electrons. The Hall–Kier alpha value is -2.62. The van der Waals surface area contributed by atoms with Crippen molar-refractivity contribution >= 4 is 29.9 Å². The van der Waals surface area contributed by atoms with E-state index in [0.29, 0.717) is 12.4 Å². The lowest BCUT2D eigenvalue weighted by molar-refractivity contribution is 0.415. The zero-order valence-corrected chi connectivity index (χ0v) is 20.2. The number of guanidine groups is 1. The predicted molar refractivity (Wildman–Crippen MR) is 132 cm³/mol. The number of ether oxygens (including phenoxy) is 1. The average molecular weight is 520 g/mol. The molecule has 0 saturated carbocycles. The van der Waals surface area contributed by atoms with Gasteiger partial charge in [-0.3, -0.25) is 10.1 Å². The second-order valence-corrected chi connectivity index (χ2v) is 6.93. The number of hydrogen-bond acceptors (Lipinski definition) is 4. The van der Waals surface area contributed by atoms with Gasteiger partial charge in [0.05, 0.1) is 13.7 Å². The van der Waals surface area contributed by atoms with E-state index in [4.69, 9.17) is 4.74 Å². The van der Waals surface area contributed by atoms with Gasteiger partial charge in [-0.15, -0.1) is 24.0 Å². The Balaban J connectivity index is 0.00000320. The van der Waals surface area contributed by atoms with Crippen molar-refractivity contribution in [1.29, 1.82) is 0 Å². The molecule has 0 amide bonds. The summed E-state index contributed by atoms with van der Waals surface area (Å²) < 4.78 is 5.18. The third-order valence-corrected chi connectivity index (χ3v) is 4.51. The molecular weight excluding hydrogens is 491 g/mol. The predicted octanol–water partition coefficient (Wildman–Crippen LogP) is 3.62. The fraction of sp³-hybridized carbons (Fsp3) is 0.318. The molecule has 7 nitrogen and oxygen atoms in total. The van der Waals surface area contributed by atoms with E-state index in [9.17, 15) is 0 Å². The largest absolute Gasteiger partial charge is 0.497 e. The van der Waals surface area contributed by atoms with Gasteiger partial charge in [0.15, 0.2) is 11.8 Å². The van der Waals surface area contributed by atoms with Crippen molar-refractivity contribution in [3.8, 4) is 17.1 Å². The minimum atomic E-state index is 0. The first kappa shape index (κ1) is 23.7. The number of H-pyrrole nitrogens is 1. The van der Waals surface area contributed by atoms with Gasteiger partial charge in [0.25, 0.3) is 0 Å². The van der Waals surface area contributed by atoms with Crippen molar-refractivity contribution in [1.82, 2.24) is 25.8 Å². The number of aryl methyl sites for hydroxylation is 2. The quantitative estimate of drug-likeness (QED) is 0.252. The average Bonchev–Trinajstić information content (AvgIpc) is 3.19. The van der Waals surface area contributed by atoms with E-state index >= 15 is 0 Å². The summed E-state index contributed by atoms with van der Waals surface area (Å²) in [5.41, 5.74) is 4.84. The lowest BCUT2D eigenvalue weighted by Gasteiger charge is -2.11. The maximum Gasteiger partial charge on any atom is 0.191 e. The normalized spacial score (nSPS) is 11.0. The monoisotopic (exact) mass is 520 g/mol. The molecule has 30 heavy (non-hydrogen) atoms. The minimum Gasteiger partial charge on any atom is -0.497 e. The molecular formula is C22H29IN6O. The van der Waals surface area contributed by atoms with Gasteiger partial charge in [0.1, 0.15) is 11.6 Å². The van der Waals surface area contributed by atoms with Crippen LogP contribution in [0.3, 0.4) is 0 Å². The van der Waals surface area contributed by atoms with Crippen LogP contribution in [0.1, 0.15) is 22.5 Å². The molecule has 1 heterocycles. The van der Waals surface area contributed by atoms with Crippen molar-refractivity contribution < 1.29 is 4.74 Å². The maximum absolute atomic E-state index is 5.18. The van der Waals surface area contributed by atoms with Gasteiger partial charge >= 0.3 is 0 Å². The number of nitrogens with one attached hydrogen (secondary N) is 3. The number of aromatic amines is 1. The Labute approximate surface area is 194 Å². The summed E-state index contributed by atoms with van der Waals surface area (Å²) in [6, 6.07) is 14.3. The molecule has 8 heteroatoms. The number of methoxy groups -OCH3 is 1. The second kappa shape index (κ2) is 11.5. The number of hydrogen-bond donors (Lipinski definition) is 3. The summed E-state index contributed by atoms with van der Waals surface area (Å²) in [4.78, 5) is 8.81. The number of aliphatic imine (C=N–C) groups is 1. The van der Waals surface area contributed by atoms with E-state index in [1.165, 1.54) is 16.7 Å². The molecule has 0 saturated heterocycles. The van der Waals surface area contributed by atoms with Crippen LogP contribution in [0.5, 0.6) is 5.75 Å². The van der Waals surface area contributed by atoms with Crippen LogP contribution in [0.4, 0.5) is 0 Å². The zero-order chi connectivity index (χ0) is 20.6. The first-order chi connectivity index (χ1) is 14.1. The molecule has 0 aliphatic carbocycles. The molecule has 3 rings (SSSR count). The van der Waals surface area contributed by atoms with Crippen LogP contribution in [0.25, 0.3) is 11.4 Å². The number of benzene rings is 2. The molecule has 0 aliphatic rings. The highest BCUT2D eigenvalue weighted by Gasteiger charge is 2.07. The van der Waals surface area contributed by atoms with Crippen molar-refractivity contribution in [2.75, 3.05) is 20.7 Å². The van der Waals surface area contributed by atoms with Crippen LogP contribution in [-0.4, -0.2) is 41.8 Å². The fourth-order valence-corrected chi connectivity index (χ4v) is 3.17. The first-order valence-electron chi connectivity index (χ1n) is 9.65. The van der Waals surface area contributed by atoms with Crippen molar-refractivity contribution in [2.45, 2.75) is 26.8 Å². The van der Waals surface area contributed by atoms with E-state index in [1.54, 1.807) is 14.2 Å². The second-order valence-electron chi connectivity index (χ2n) is 6.93. The Kier molecular flexibility index (Phi) is 9.10. The highest BCUT2D eigenvalue weighted by Crippen LogP contribution is 2.18. The Morgan fingerprint density at radius 2 is 1.77 bits per heavy atom. The standard InChI is InChI=1S/C22H28N6O.HI/c1-15-11-16(2)13-17(12-15)9-10-24-22(23-3)25-14-20-26-21(28-27-20)18-5-7-19(29-4)8-6-18;/h5-8,11-13H,9-10,14H2,1-4H3,(H2,23,24,25)(H,26,27,28);1H. The lowest BCUT2D eigenvalue weighted by Crippen LogP contribution is -2.38. The van der Waals surface area contributed by atoms with Crippen LogP contribution in [0.15, 0.2) is 47.5 Å². The highest BCUT2D eigenvalue weighted by atomic mass is 127. The van der Waals surface area contributed by atoms with Gasteiger partial charge in [0.2, 0.25) is 0 Å². The molecule has 3 N–H and O–H groups in total. The summed E-state index contributed by atoms with van der Waals surface area (Å²) in [5.74, 6) is 2.94. The first-order valence-corrected chi connectivity index (χ1v) is 9.65. The molecule has 0 unspecified atom stereocenters. The summed E-state index contributed by atoms with van der Waals surface area (Å²) in [7, 11) is 3.41. The van der Waals surface area contributed by atoms with Crippen molar-refractivity contribution in [3.63, 3.8) is 0 Å². The van der Waals surface area contributed by atoms with Crippen LogP contribution in [0.2, 0.25) is 0 Å². The molecule has 3 aromatic rings. The van der Waals surface area contributed by atoms with Gasteiger partial charge in [-0.25, -0.2) is 4.98 Å². The molecule has 0 atom stereocenters. The van der Waals surface area contributed by atoms with Crippen molar-refractivity contribution in [2.24, 2.45) is 4.99 Å². The van der Waals surface area contributed by atoms with Crippen LogP contribution < -0.4 is 15.4 Å². The van der Waals surface area contributed by atoms with Crippen molar-refractivity contribution in [3.05, 3.63) is 65.0 Å². The molecule has 0 bridgehead atoms. The molecule has 2 aromatic carbocycles. The number of aromatic nitrogens is 3. The zero-order valence-electron chi connectivity index (χ0n) is 17.8. The summed E-state index contributed by atoms with van der Waals surface area (Å²) >= 11 is 0. The third-order valence-electron chi connectivity index (χ3n) is 4.51. The molecule has 0 radical (unpaired) electrons. The van der Waals surface area contributed by atoms with Crippen LogP contribution in [-0.2, 0) is 13.0 Å². The van der Waals surface area contributed by atoms with E-state index in [2.05, 4.69) is 62.9 Å². The minimum absolute atomic E-state index is 0. The fourth-order valence-electron chi connectivity index (χ4n) is 3.17. The van der Waals surface area contributed by atoms with E-state index in [0.717, 1.165) is 36.1 Å². The number of rotatable bonds is 7. The Morgan fingerprint density at radius 3 is 2.40 bits per heavy atom. The Morgan fingerprint density at radius 1 is 1.07 bits per heavy atom. The van der Waals surface area contributed by atoms with Gasteiger partial charge < -0.3 is 15.4 Å². The van der Waals surface area contributed by atoms with E-state index < -0.39 is 0 Å². The van der Waals surface area contributed by atoms with Crippen LogP contribution in [0, 0.1) is 13.8 Å². The topological polar surface area (TPSA) is 87.2 Å². The van der Waals surface area contributed by atoms with E-state index in [-0.39, 0.29) is 24.0 Å². The summed E-state index contributed by atoms with van der Waals surface area (Å²) in [6.07, 6.45) is 0.938. The molecule has 0 spiro atoms. The Bertz CT molecular complexity index is 948. The SMILES string of the molecule is CN=C(NCCc1cc(C)cc(C)c1)NCc1nc(-c2ccc(OC)cc2)n[nH]1.I. The maximum atomic E-state index is 5.18. The third kappa shape index (κ3) is 6.72. The summed E-state index contributed by atoms with van der Waals surface area (Å²) in [5, 5.41) is 13.9. The molecule has 0 fully saturated rings. The number of nitrogens with zero attached hydrogens (tertiary/aromatic N) is 3. The molecule has 0 aliphatic heterocycles. The van der Waals surface area contributed by atoms with Gasteiger partial charge in [-0.2, -0.15) is 5.10 Å². The lowest BCUT2D eigenvalue weighted by atomic mass is 10.1. The van der Waals surface area contributed by atoms with E-state index in [1.807, 2.05) is 24.3 Å². The molecule has 1 aromatic heterocycles. The van der Waals surface area contributed by atoms with Gasteiger partial charge in [-0.05, 0) is 50.1 Å². The highest BCUT2D eigenvalue weighted by molar-refractivity contribution is 14.0. The summed E-state index contributed by atoms with van der Waals surface area (Å²) in [6.45, 7) is 5.56. The smallest absolute Gasteiger partial charge is 0.191 e.